The molecule has 4 rings (SSSR count). The molecular weight excluding hydrogens is 502 g/mol. The Kier molecular flexibility index (Phi) is 8.82. The van der Waals surface area contributed by atoms with E-state index in [1.54, 1.807) is 6.20 Å². The van der Waals surface area contributed by atoms with Gasteiger partial charge in [0.25, 0.3) is 0 Å². The number of pyridine rings is 1. The highest BCUT2D eigenvalue weighted by Crippen LogP contribution is 2.35. The number of alkyl carbamates (subject to hydrolysis) is 1. The number of esters is 1. The summed E-state index contributed by atoms with van der Waals surface area (Å²) in [6.45, 7) is 8.41. The summed E-state index contributed by atoms with van der Waals surface area (Å²) in [5.74, 6) is 0.250. The van der Waals surface area contributed by atoms with Crippen molar-refractivity contribution in [2.45, 2.75) is 78.0 Å². The summed E-state index contributed by atoms with van der Waals surface area (Å²) in [4.78, 5) is 45.2. The molecule has 3 atom stereocenters. The van der Waals surface area contributed by atoms with E-state index in [1.807, 2.05) is 39.8 Å². The number of cyclic esters (lactones) is 1. The van der Waals surface area contributed by atoms with Crippen LogP contribution in [0.4, 0.5) is 4.79 Å². The van der Waals surface area contributed by atoms with Crippen molar-refractivity contribution in [1.82, 2.24) is 15.2 Å². The molecule has 2 aliphatic heterocycles. The quantitative estimate of drug-likeness (QED) is 0.579. The summed E-state index contributed by atoms with van der Waals surface area (Å²) in [5, 5.41) is 4.45. The van der Waals surface area contributed by atoms with Crippen LogP contribution in [0.2, 0.25) is 0 Å². The Morgan fingerprint density at radius 1 is 1.18 bits per heavy atom. The molecule has 2 amide bonds. The largest absolute Gasteiger partial charge is 0.493 e. The van der Waals surface area contributed by atoms with Gasteiger partial charge >= 0.3 is 12.1 Å². The third-order valence-corrected chi connectivity index (χ3v) is 7.18. The molecule has 0 aliphatic carbocycles. The highest BCUT2D eigenvalue weighted by atomic mass is 16.5. The standard InChI is InChI=1S/C29H39N3O7/c1-6-37-23-15-18-10-8-7-9-13-38-28(35)31-24(29(2,3)4)26(33)32-17-19(16-22(32)27(34)36-5)39-25-21(14-18)20(23)11-12-30-25/h11-12,14-15,19,22,24H,6-10,13,16-17H2,1-5H3,(H,31,35)/t19-,22?,24-/m1/s1. The van der Waals surface area contributed by atoms with Crippen LogP contribution in [0, 0.1) is 5.41 Å². The lowest BCUT2D eigenvalue weighted by Gasteiger charge is -2.34. The first kappa shape index (κ1) is 28.4. The Hall–Kier alpha value is -3.56. The molecule has 2 aliphatic rings. The van der Waals surface area contributed by atoms with Gasteiger partial charge in [-0.05, 0) is 61.8 Å². The number of nitrogens with one attached hydrogen (secondary N) is 1. The minimum Gasteiger partial charge on any atom is -0.493 e. The number of benzene rings is 1. The Bertz CT molecular complexity index is 1210. The van der Waals surface area contributed by atoms with Crippen molar-refractivity contribution < 1.29 is 33.3 Å². The molecule has 3 heterocycles. The molecule has 0 spiro atoms. The van der Waals surface area contributed by atoms with Crippen LogP contribution in [-0.4, -0.2) is 72.9 Å². The fourth-order valence-corrected chi connectivity index (χ4v) is 5.19. The van der Waals surface area contributed by atoms with Gasteiger partial charge in [0, 0.05) is 23.4 Å². The van der Waals surface area contributed by atoms with Crippen LogP contribution in [-0.2, 0) is 25.5 Å². The second-order valence-corrected chi connectivity index (χ2v) is 11.1. The summed E-state index contributed by atoms with van der Waals surface area (Å²) in [7, 11) is 1.29. The average molecular weight is 542 g/mol. The highest BCUT2D eigenvalue weighted by Gasteiger charge is 2.46. The zero-order valence-corrected chi connectivity index (χ0v) is 23.5. The molecule has 4 bridgehead atoms. The zero-order chi connectivity index (χ0) is 28.2. The topological polar surface area (TPSA) is 116 Å². The molecule has 1 aromatic heterocycles. The molecule has 10 heteroatoms. The summed E-state index contributed by atoms with van der Waals surface area (Å²) >= 11 is 0. The molecule has 0 saturated carbocycles. The molecule has 1 fully saturated rings. The Morgan fingerprint density at radius 2 is 1.97 bits per heavy atom. The minimum atomic E-state index is -0.915. The number of carbonyl (C=O) groups is 3. The second kappa shape index (κ2) is 12.1. The van der Waals surface area contributed by atoms with Gasteiger partial charge in [-0.25, -0.2) is 14.6 Å². The molecule has 0 radical (unpaired) electrons. The molecule has 2 aromatic rings. The molecule has 1 saturated heterocycles. The van der Waals surface area contributed by atoms with E-state index in [2.05, 4.69) is 16.4 Å². The van der Waals surface area contributed by atoms with Gasteiger partial charge in [-0.15, -0.1) is 0 Å². The van der Waals surface area contributed by atoms with E-state index in [0.29, 0.717) is 18.9 Å². The lowest BCUT2D eigenvalue weighted by atomic mass is 9.85. The van der Waals surface area contributed by atoms with E-state index < -0.39 is 41.6 Å². The molecule has 10 nitrogen and oxygen atoms in total. The van der Waals surface area contributed by atoms with Gasteiger partial charge in [-0.1, -0.05) is 20.8 Å². The Labute approximate surface area is 229 Å². The molecule has 39 heavy (non-hydrogen) atoms. The average Bonchev–Trinajstić information content (AvgIpc) is 3.31. The van der Waals surface area contributed by atoms with Crippen molar-refractivity contribution in [3.8, 4) is 11.6 Å². The van der Waals surface area contributed by atoms with E-state index in [4.69, 9.17) is 18.9 Å². The second-order valence-electron chi connectivity index (χ2n) is 11.1. The monoisotopic (exact) mass is 541 g/mol. The lowest BCUT2D eigenvalue weighted by Crippen LogP contribution is -2.57. The molecule has 212 valence electrons. The van der Waals surface area contributed by atoms with Crippen molar-refractivity contribution in [1.29, 1.82) is 0 Å². The van der Waals surface area contributed by atoms with Gasteiger partial charge in [-0.3, -0.25) is 4.79 Å². The first-order valence-electron chi connectivity index (χ1n) is 13.6. The number of aromatic nitrogens is 1. The van der Waals surface area contributed by atoms with Crippen LogP contribution < -0.4 is 14.8 Å². The van der Waals surface area contributed by atoms with E-state index in [9.17, 15) is 14.4 Å². The van der Waals surface area contributed by atoms with Gasteiger partial charge in [-0.2, -0.15) is 0 Å². The van der Waals surface area contributed by atoms with E-state index in [-0.39, 0.29) is 19.6 Å². The van der Waals surface area contributed by atoms with Gasteiger partial charge in [0.15, 0.2) is 0 Å². The summed E-state index contributed by atoms with van der Waals surface area (Å²) in [6, 6.07) is 4.24. The van der Waals surface area contributed by atoms with Crippen LogP contribution in [0.1, 0.15) is 58.9 Å². The normalized spacial score (nSPS) is 22.9. The number of methoxy groups -OCH3 is 1. The van der Waals surface area contributed by atoms with Crippen LogP contribution in [0.5, 0.6) is 11.6 Å². The summed E-state index contributed by atoms with van der Waals surface area (Å²) < 4.78 is 22.8. The maximum Gasteiger partial charge on any atom is 0.407 e. The molecule has 1 unspecified atom stereocenters. The summed E-state index contributed by atoms with van der Waals surface area (Å²) in [5.41, 5.74) is 0.451. The van der Waals surface area contributed by atoms with Crippen molar-refractivity contribution in [3.63, 3.8) is 0 Å². The first-order valence-corrected chi connectivity index (χ1v) is 13.6. The van der Waals surface area contributed by atoms with Gasteiger partial charge in [0.1, 0.15) is 23.9 Å². The molecular formula is C29H39N3O7. The number of fused-ring (bicyclic) bond motifs is 3. The van der Waals surface area contributed by atoms with E-state index >= 15 is 0 Å². The number of hydrogen-bond acceptors (Lipinski definition) is 8. The molecule has 1 aromatic carbocycles. The van der Waals surface area contributed by atoms with E-state index in [1.165, 1.54) is 12.0 Å². The first-order chi connectivity index (χ1) is 18.6. The maximum atomic E-state index is 13.8. The SMILES string of the molecule is CCOc1cc2cc3c(nccc13)O[C@@H]1CC(C(=O)OC)N(C1)C(=O)[C@H](C(C)(C)C)NC(=O)OCCCCC2. The van der Waals surface area contributed by atoms with Crippen molar-refractivity contribution in [3.05, 3.63) is 30.0 Å². The Balaban J connectivity index is 1.74. The van der Waals surface area contributed by atoms with Gasteiger partial charge < -0.3 is 29.2 Å². The van der Waals surface area contributed by atoms with E-state index in [0.717, 1.165) is 41.3 Å². The van der Waals surface area contributed by atoms with Crippen LogP contribution in [0.3, 0.4) is 0 Å². The molecule has 1 N–H and O–H groups in total. The predicted octanol–water partition coefficient (Wildman–Crippen LogP) is 4.02. The van der Waals surface area contributed by atoms with Gasteiger partial charge in [0.2, 0.25) is 11.8 Å². The minimum absolute atomic E-state index is 0.137. The zero-order valence-electron chi connectivity index (χ0n) is 23.5. The van der Waals surface area contributed by atoms with Crippen molar-refractivity contribution in [2.75, 3.05) is 26.9 Å². The number of hydrogen-bond donors (Lipinski definition) is 1. The highest BCUT2D eigenvalue weighted by molar-refractivity contribution is 5.93. The third kappa shape index (κ3) is 6.54. The third-order valence-electron chi connectivity index (χ3n) is 7.18. The maximum absolute atomic E-state index is 13.8. The number of nitrogens with zero attached hydrogens (tertiary/aromatic N) is 2. The Morgan fingerprint density at radius 3 is 2.69 bits per heavy atom. The van der Waals surface area contributed by atoms with Crippen molar-refractivity contribution in [2.24, 2.45) is 5.41 Å². The number of aryl methyl sites for hydroxylation is 1. The lowest BCUT2D eigenvalue weighted by molar-refractivity contribution is -0.152. The van der Waals surface area contributed by atoms with Crippen LogP contribution in [0.25, 0.3) is 10.8 Å². The number of amides is 2. The number of ether oxygens (including phenoxy) is 4. The van der Waals surface area contributed by atoms with Crippen LogP contribution >= 0.6 is 0 Å². The van der Waals surface area contributed by atoms with Crippen molar-refractivity contribution >= 4 is 28.7 Å². The summed E-state index contributed by atoms with van der Waals surface area (Å²) in [6.07, 6.45) is 4.02. The number of carbonyl (C=O) groups excluding carboxylic acids is 3. The fraction of sp³-hybridized carbons (Fsp3) is 0.586. The van der Waals surface area contributed by atoms with Crippen LogP contribution in [0.15, 0.2) is 24.4 Å². The smallest absolute Gasteiger partial charge is 0.407 e. The number of rotatable bonds is 3. The fourth-order valence-electron chi connectivity index (χ4n) is 5.19. The van der Waals surface area contributed by atoms with Gasteiger partial charge in [0.05, 0.1) is 26.9 Å². The predicted molar refractivity (Wildman–Crippen MR) is 145 cm³/mol.